The Balaban J connectivity index is 1.64. The molecule has 3 aromatic rings. The van der Waals surface area contributed by atoms with Crippen LogP contribution in [0, 0.1) is 0 Å². The van der Waals surface area contributed by atoms with Crippen molar-refractivity contribution >= 4 is 11.8 Å². The van der Waals surface area contributed by atoms with Crippen LogP contribution in [0.15, 0.2) is 73.3 Å². The van der Waals surface area contributed by atoms with Gasteiger partial charge in [0.1, 0.15) is 0 Å². The van der Waals surface area contributed by atoms with E-state index in [4.69, 9.17) is 4.74 Å². The number of aromatic nitrogens is 2. The van der Waals surface area contributed by atoms with Gasteiger partial charge in [-0.3, -0.25) is 19.6 Å². The molecule has 32 heavy (non-hydrogen) atoms. The molecule has 1 aromatic carbocycles. The van der Waals surface area contributed by atoms with E-state index in [0.717, 1.165) is 16.7 Å². The summed E-state index contributed by atoms with van der Waals surface area (Å²) in [5, 5.41) is 0. The van der Waals surface area contributed by atoms with Gasteiger partial charge < -0.3 is 14.5 Å². The molecule has 1 aliphatic rings. The van der Waals surface area contributed by atoms with E-state index in [1.807, 2.05) is 42.6 Å². The Labute approximate surface area is 187 Å². The SMILES string of the molecule is CN(C)C(=O)[C@@]1(Cc2cccc(-c3cccnc3)c2)CN(C(=O)c2cccnc2)CCO1. The van der Waals surface area contributed by atoms with Crippen LogP contribution in [0.3, 0.4) is 0 Å². The Morgan fingerprint density at radius 2 is 1.78 bits per heavy atom. The molecule has 3 heterocycles. The lowest BCUT2D eigenvalue weighted by atomic mass is 9.89. The minimum atomic E-state index is -1.16. The van der Waals surface area contributed by atoms with Gasteiger partial charge in [-0.25, -0.2) is 0 Å². The first-order valence-electron chi connectivity index (χ1n) is 10.5. The number of ether oxygens (including phenoxy) is 1. The summed E-state index contributed by atoms with van der Waals surface area (Å²) in [7, 11) is 3.42. The fraction of sp³-hybridized carbons (Fsp3) is 0.280. The van der Waals surface area contributed by atoms with Gasteiger partial charge in [-0.05, 0) is 34.9 Å². The number of carbonyl (C=O) groups excluding carboxylic acids is 2. The van der Waals surface area contributed by atoms with Crippen molar-refractivity contribution in [3.8, 4) is 11.1 Å². The number of benzene rings is 1. The van der Waals surface area contributed by atoms with E-state index in [-0.39, 0.29) is 25.0 Å². The minimum absolute atomic E-state index is 0.151. The van der Waals surface area contributed by atoms with Crippen molar-refractivity contribution in [3.63, 3.8) is 0 Å². The number of hydrogen-bond acceptors (Lipinski definition) is 5. The van der Waals surface area contributed by atoms with Crippen molar-refractivity contribution in [2.75, 3.05) is 33.8 Å². The second-order valence-electron chi connectivity index (χ2n) is 8.13. The molecule has 2 aromatic heterocycles. The molecule has 0 aliphatic carbocycles. The number of likely N-dealkylation sites (N-methyl/N-ethyl adjacent to an activating group) is 1. The number of pyridine rings is 2. The summed E-state index contributed by atoms with van der Waals surface area (Å²) in [4.78, 5) is 37.9. The van der Waals surface area contributed by atoms with Crippen LogP contribution in [0.4, 0.5) is 0 Å². The van der Waals surface area contributed by atoms with E-state index in [1.54, 1.807) is 49.7 Å². The number of nitrogens with zero attached hydrogens (tertiary/aromatic N) is 4. The molecule has 0 radical (unpaired) electrons. The predicted molar refractivity (Wildman–Crippen MR) is 121 cm³/mol. The summed E-state index contributed by atoms with van der Waals surface area (Å²) >= 11 is 0. The fourth-order valence-electron chi connectivity index (χ4n) is 4.07. The Kier molecular flexibility index (Phi) is 6.28. The van der Waals surface area contributed by atoms with E-state index < -0.39 is 5.60 Å². The van der Waals surface area contributed by atoms with Gasteiger partial charge in [0.25, 0.3) is 11.8 Å². The second kappa shape index (κ2) is 9.28. The lowest BCUT2D eigenvalue weighted by Crippen LogP contribution is -2.61. The van der Waals surface area contributed by atoms with Crippen LogP contribution in [0.2, 0.25) is 0 Å². The van der Waals surface area contributed by atoms with Gasteiger partial charge >= 0.3 is 0 Å². The average Bonchev–Trinajstić information content (AvgIpc) is 2.84. The number of morpholine rings is 1. The molecule has 2 amide bonds. The lowest BCUT2D eigenvalue weighted by molar-refractivity contribution is -0.165. The van der Waals surface area contributed by atoms with Crippen molar-refractivity contribution in [1.82, 2.24) is 19.8 Å². The maximum absolute atomic E-state index is 13.3. The molecule has 1 saturated heterocycles. The summed E-state index contributed by atoms with van der Waals surface area (Å²) in [6.45, 7) is 0.884. The maximum atomic E-state index is 13.3. The van der Waals surface area contributed by atoms with E-state index in [9.17, 15) is 9.59 Å². The van der Waals surface area contributed by atoms with Crippen molar-refractivity contribution in [2.45, 2.75) is 12.0 Å². The zero-order valence-corrected chi connectivity index (χ0v) is 18.3. The highest BCUT2D eigenvalue weighted by Crippen LogP contribution is 2.28. The first-order valence-corrected chi connectivity index (χ1v) is 10.5. The first-order chi connectivity index (χ1) is 15.5. The average molecular weight is 431 g/mol. The largest absolute Gasteiger partial charge is 0.361 e. The first kappa shape index (κ1) is 21.6. The van der Waals surface area contributed by atoms with Crippen molar-refractivity contribution < 1.29 is 14.3 Å². The van der Waals surface area contributed by atoms with Crippen LogP contribution in [0.1, 0.15) is 15.9 Å². The third-order valence-electron chi connectivity index (χ3n) is 5.59. The normalized spacial score (nSPS) is 18.2. The monoisotopic (exact) mass is 430 g/mol. The van der Waals surface area contributed by atoms with Gasteiger partial charge in [0.05, 0.1) is 18.7 Å². The van der Waals surface area contributed by atoms with E-state index in [2.05, 4.69) is 9.97 Å². The highest BCUT2D eigenvalue weighted by atomic mass is 16.5. The van der Waals surface area contributed by atoms with Crippen LogP contribution in [0.5, 0.6) is 0 Å². The van der Waals surface area contributed by atoms with E-state index in [0.29, 0.717) is 18.5 Å². The van der Waals surface area contributed by atoms with Gasteiger partial charge in [-0.15, -0.1) is 0 Å². The molecule has 1 atom stereocenters. The molecule has 1 aliphatic heterocycles. The van der Waals surface area contributed by atoms with Gasteiger partial charge in [-0.2, -0.15) is 0 Å². The van der Waals surface area contributed by atoms with E-state index in [1.165, 1.54) is 4.90 Å². The van der Waals surface area contributed by atoms with Gasteiger partial charge in [0.15, 0.2) is 5.60 Å². The summed E-state index contributed by atoms with van der Waals surface area (Å²) in [5.74, 6) is -0.311. The van der Waals surface area contributed by atoms with Crippen LogP contribution in [-0.4, -0.2) is 71.0 Å². The molecule has 0 spiro atoms. The Hall–Kier alpha value is -3.58. The third kappa shape index (κ3) is 4.53. The zero-order valence-electron chi connectivity index (χ0n) is 18.3. The highest BCUT2D eigenvalue weighted by Gasteiger charge is 2.46. The van der Waals surface area contributed by atoms with Crippen molar-refractivity contribution in [2.24, 2.45) is 0 Å². The molecule has 0 saturated carbocycles. The summed E-state index contributed by atoms with van der Waals surface area (Å²) < 4.78 is 6.14. The molecule has 7 heteroatoms. The maximum Gasteiger partial charge on any atom is 0.256 e. The van der Waals surface area contributed by atoms with Crippen LogP contribution < -0.4 is 0 Å². The molecule has 1 fully saturated rings. The highest BCUT2D eigenvalue weighted by molar-refractivity contribution is 5.95. The zero-order chi connectivity index (χ0) is 22.6. The van der Waals surface area contributed by atoms with Crippen LogP contribution in [0.25, 0.3) is 11.1 Å². The number of rotatable bonds is 5. The van der Waals surface area contributed by atoms with Gasteiger partial charge in [-0.1, -0.05) is 30.3 Å². The van der Waals surface area contributed by atoms with E-state index >= 15 is 0 Å². The van der Waals surface area contributed by atoms with Gasteiger partial charge in [0, 0.05) is 51.8 Å². The molecule has 4 rings (SSSR count). The topological polar surface area (TPSA) is 75.6 Å². The molecular formula is C25H26N4O3. The third-order valence-corrected chi connectivity index (χ3v) is 5.59. The van der Waals surface area contributed by atoms with Crippen molar-refractivity contribution in [3.05, 3.63) is 84.4 Å². The molecular weight excluding hydrogens is 404 g/mol. The minimum Gasteiger partial charge on any atom is -0.361 e. The summed E-state index contributed by atoms with van der Waals surface area (Å²) in [6, 6.07) is 15.4. The number of amides is 2. The standard InChI is InChI=1S/C25H26N4O3/c1-28(2)24(31)25(15-19-6-3-7-20(14-19)21-8-4-10-26-16-21)18-29(12-13-32-25)23(30)22-9-5-11-27-17-22/h3-11,14,16-17H,12-13,15,18H2,1-2H3/t25-/m1/s1. The molecule has 7 nitrogen and oxygen atoms in total. The smallest absolute Gasteiger partial charge is 0.256 e. The fourth-order valence-corrected chi connectivity index (χ4v) is 4.07. The summed E-state index contributed by atoms with van der Waals surface area (Å²) in [6.07, 6.45) is 7.08. The molecule has 0 unspecified atom stereocenters. The number of carbonyl (C=O) groups is 2. The molecule has 164 valence electrons. The van der Waals surface area contributed by atoms with Crippen LogP contribution in [-0.2, 0) is 16.0 Å². The lowest BCUT2D eigenvalue weighted by Gasteiger charge is -2.43. The quantitative estimate of drug-likeness (QED) is 0.622. The summed E-state index contributed by atoms with van der Waals surface area (Å²) in [5.41, 5.74) is 2.31. The molecule has 0 bridgehead atoms. The second-order valence-corrected chi connectivity index (χ2v) is 8.13. The Morgan fingerprint density at radius 3 is 2.47 bits per heavy atom. The van der Waals surface area contributed by atoms with Crippen LogP contribution >= 0.6 is 0 Å². The van der Waals surface area contributed by atoms with Crippen molar-refractivity contribution in [1.29, 1.82) is 0 Å². The Morgan fingerprint density at radius 1 is 1.03 bits per heavy atom. The number of hydrogen-bond donors (Lipinski definition) is 0. The van der Waals surface area contributed by atoms with Gasteiger partial charge in [0.2, 0.25) is 0 Å². The predicted octanol–water partition coefficient (Wildman–Crippen LogP) is 2.69. The molecule has 0 N–H and O–H groups in total. The Bertz CT molecular complexity index is 1090.